The number of hydrogen-bond acceptors (Lipinski definition) is 3. The Balaban J connectivity index is 1.74. The standard InChI is InChI=1S/C23H11F6IO3S/c24-15-7-13(8-16(25)21(15)28)34(14-9-17(26)22(29)18(27)10-14)12-3-1-11(2-4-12)32-23(31)19-5-6-20(30)33-19/h1-10,34H. The van der Waals surface area contributed by atoms with Crippen LogP contribution in [0, 0.1) is 38.7 Å². The van der Waals surface area contributed by atoms with Gasteiger partial charge in [-0.3, -0.25) is 0 Å². The zero-order chi connectivity index (χ0) is 24.6. The Morgan fingerprint density at radius 3 is 1.59 bits per heavy atom. The highest BCUT2D eigenvalue weighted by molar-refractivity contribution is 14.1. The molecule has 1 heterocycles. The molecule has 4 aromatic rings. The van der Waals surface area contributed by atoms with Crippen molar-refractivity contribution >= 4 is 39.5 Å². The van der Waals surface area contributed by atoms with Gasteiger partial charge in [0.15, 0.2) is 38.7 Å². The van der Waals surface area contributed by atoms with Crippen LogP contribution in [0.25, 0.3) is 0 Å². The number of carbonyl (C=O) groups is 1. The molecule has 0 aliphatic rings. The molecule has 0 atom stereocenters. The van der Waals surface area contributed by atoms with Crippen LogP contribution >= 0.6 is 33.5 Å². The summed E-state index contributed by atoms with van der Waals surface area (Å²) in [5.41, 5.74) is 0. The molecule has 0 N–H and O–H groups in total. The van der Waals surface area contributed by atoms with Crippen LogP contribution in [0.15, 0.2) is 79.8 Å². The third-order valence-corrected chi connectivity index (χ3v) is 7.48. The van der Waals surface area contributed by atoms with E-state index in [0.29, 0.717) is 32.9 Å². The molecule has 0 fully saturated rings. The number of halogens is 7. The smallest absolute Gasteiger partial charge is 0.379 e. The van der Waals surface area contributed by atoms with E-state index in [2.05, 4.69) is 0 Å². The van der Waals surface area contributed by atoms with Crippen LogP contribution in [0.1, 0.15) is 10.6 Å². The molecule has 0 spiro atoms. The molecule has 0 saturated heterocycles. The van der Waals surface area contributed by atoms with E-state index in [9.17, 15) is 31.1 Å². The number of rotatable bonds is 5. The summed E-state index contributed by atoms with van der Waals surface area (Å²) in [5.74, 6) is -10.1. The van der Waals surface area contributed by atoms with Crippen molar-refractivity contribution in [3.63, 3.8) is 0 Å². The Labute approximate surface area is 204 Å². The van der Waals surface area contributed by atoms with Crippen molar-refractivity contribution in [3.8, 4) is 5.75 Å². The van der Waals surface area contributed by atoms with Crippen LogP contribution in [0.2, 0.25) is 0 Å². The van der Waals surface area contributed by atoms with Crippen molar-refractivity contribution in [2.45, 2.75) is 14.7 Å². The maximum Gasteiger partial charge on any atom is 0.379 e. The predicted molar refractivity (Wildman–Crippen MR) is 119 cm³/mol. The number of esters is 1. The monoisotopic (exact) mass is 608 g/mol. The van der Waals surface area contributed by atoms with Gasteiger partial charge in [0.1, 0.15) is 5.75 Å². The molecule has 3 nitrogen and oxygen atoms in total. The second-order valence-electron chi connectivity index (χ2n) is 6.77. The lowest BCUT2D eigenvalue weighted by Crippen LogP contribution is -2.07. The highest BCUT2D eigenvalue weighted by Crippen LogP contribution is 2.52. The molecule has 0 aliphatic heterocycles. The Bertz CT molecular complexity index is 1290. The number of carbonyl (C=O) groups excluding carboxylic acids is 1. The molecule has 0 radical (unpaired) electrons. The lowest BCUT2D eigenvalue weighted by atomic mass is 10.3. The van der Waals surface area contributed by atoms with E-state index < -0.39 is 51.8 Å². The van der Waals surface area contributed by atoms with Crippen LogP contribution in [0.3, 0.4) is 0 Å². The third kappa shape index (κ3) is 4.94. The molecule has 176 valence electrons. The Morgan fingerprint density at radius 1 is 0.706 bits per heavy atom. The van der Waals surface area contributed by atoms with Crippen molar-refractivity contribution in [2.75, 3.05) is 0 Å². The number of furan rings is 1. The molecular formula is C23H11F6IO3S. The first kappa shape index (κ1) is 24.2. The number of benzene rings is 3. The minimum absolute atomic E-state index is 0.0368. The fraction of sp³-hybridized carbons (Fsp3) is 0. The Morgan fingerprint density at radius 2 is 1.18 bits per heavy atom. The third-order valence-electron chi connectivity index (χ3n) is 4.53. The van der Waals surface area contributed by atoms with Crippen molar-refractivity contribution < 1.29 is 40.3 Å². The molecule has 11 heteroatoms. The van der Waals surface area contributed by atoms with Crippen molar-refractivity contribution in [2.24, 2.45) is 0 Å². The van der Waals surface area contributed by atoms with E-state index in [1.54, 1.807) is 6.07 Å². The molecule has 0 unspecified atom stereocenters. The normalized spacial score (nSPS) is 11.4. The molecular weight excluding hydrogens is 597 g/mol. The van der Waals surface area contributed by atoms with Crippen LogP contribution < -0.4 is 4.74 Å². The summed E-state index contributed by atoms with van der Waals surface area (Å²) < 4.78 is 93.6. The van der Waals surface area contributed by atoms with Gasteiger partial charge >= 0.3 is 5.97 Å². The second kappa shape index (κ2) is 9.74. The molecule has 34 heavy (non-hydrogen) atoms. The molecule has 0 bridgehead atoms. The minimum atomic E-state index is -2.06. The van der Waals surface area contributed by atoms with Crippen molar-refractivity contribution in [1.29, 1.82) is 0 Å². The largest absolute Gasteiger partial charge is 0.443 e. The van der Waals surface area contributed by atoms with E-state index >= 15 is 0 Å². The zero-order valence-electron chi connectivity index (χ0n) is 16.6. The van der Waals surface area contributed by atoms with Gasteiger partial charge in [-0.05, 0) is 88.2 Å². The second-order valence-corrected chi connectivity index (χ2v) is 10.1. The van der Waals surface area contributed by atoms with Crippen molar-refractivity contribution in [1.82, 2.24) is 0 Å². The van der Waals surface area contributed by atoms with Crippen LogP contribution in [-0.2, 0) is 0 Å². The SMILES string of the molecule is O=C(Oc1ccc([SH](c2cc(F)c(F)c(F)c2)c2cc(F)c(F)c(F)c2)cc1)c1ccc(I)o1. The van der Waals surface area contributed by atoms with E-state index in [1.165, 1.54) is 30.3 Å². The quantitative estimate of drug-likeness (QED) is 0.0641. The Kier molecular flexibility index (Phi) is 6.94. The van der Waals surface area contributed by atoms with E-state index in [4.69, 9.17) is 9.15 Å². The van der Waals surface area contributed by atoms with Crippen LogP contribution in [-0.4, -0.2) is 5.97 Å². The summed E-state index contributed by atoms with van der Waals surface area (Å²) >= 11 is 1.87. The zero-order valence-corrected chi connectivity index (χ0v) is 19.6. The van der Waals surface area contributed by atoms with Gasteiger partial charge in [0.25, 0.3) is 0 Å². The van der Waals surface area contributed by atoms with Gasteiger partial charge in [-0.1, -0.05) is 0 Å². The topological polar surface area (TPSA) is 39.4 Å². The van der Waals surface area contributed by atoms with Gasteiger partial charge in [-0.2, -0.15) is 10.9 Å². The Hall–Kier alpha value is -2.93. The van der Waals surface area contributed by atoms with Gasteiger partial charge in [-0.15, -0.1) is 0 Å². The van der Waals surface area contributed by atoms with Crippen LogP contribution in [0.4, 0.5) is 26.3 Å². The predicted octanol–water partition coefficient (Wildman–Crippen LogP) is 7.42. The van der Waals surface area contributed by atoms with Gasteiger partial charge in [0.05, 0.1) is 0 Å². The maximum atomic E-state index is 13.9. The van der Waals surface area contributed by atoms with E-state index in [-0.39, 0.29) is 21.3 Å². The fourth-order valence-corrected chi connectivity index (χ4v) is 5.76. The summed E-state index contributed by atoms with van der Waals surface area (Å²) in [6.45, 7) is 0. The minimum Gasteiger partial charge on any atom is -0.443 e. The summed E-state index contributed by atoms with van der Waals surface area (Å²) in [6.07, 6.45) is 0. The summed E-state index contributed by atoms with van der Waals surface area (Å²) in [5, 5.41) is 0. The molecule has 3 aromatic carbocycles. The highest BCUT2D eigenvalue weighted by atomic mass is 127. The van der Waals surface area contributed by atoms with E-state index in [1.807, 2.05) is 22.6 Å². The fourth-order valence-electron chi connectivity index (χ4n) is 3.03. The summed E-state index contributed by atoms with van der Waals surface area (Å²) in [6, 6.07) is 11.3. The first-order valence-electron chi connectivity index (χ1n) is 9.31. The molecule has 0 aliphatic carbocycles. The van der Waals surface area contributed by atoms with Crippen molar-refractivity contribution in [3.05, 3.63) is 105 Å². The molecule has 4 rings (SSSR count). The highest BCUT2D eigenvalue weighted by Gasteiger charge is 2.22. The van der Waals surface area contributed by atoms with E-state index in [0.717, 1.165) is 0 Å². The van der Waals surface area contributed by atoms with Gasteiger partial charge < -0.3 is 9.15 Å². The first-order valence-corrected chi connectivity index (χ1v) is 11.7. The lowest BCUT2D eigenvalue weighted by molar-refractivity contribution is 0.0699. The summed E-state index contributed by atoms with van der Waals surface area (Å²) in [4.78, 5) is 12.2. The maximum absolute atomic E-state index is 13.9. The molecule has 1 aromatic heterocycles. The first-order chi connectivity index (χ1) is 16.1. The average Bonchev–Trinajstić information content (AvgIpc) is 3.23. The number of ether oxygens (including phenoxy) is 1. The summed E-state index contributed by atoms with van der Waals surface area (Å²) in [7, 11) is -2.06. The number of hydrogen-bond donors (Lipinski definition) is 1. The van der Waals surface area contributed by atoms with Gasteiger partial charge in [0, 0.05) is 9.79 Å². The van der Waals surface area contributed by atoms with Gasteiger partial charge in [-0.25, -0.2) is 31.1 Å². The van der Waals surface area contributed by atoms with Gasteiger partial charge in [0.2, 0.25) is 5.76 Å². The molecule has 0 amide bonds. The average molecular weight is 608 g/mol. The van der Waals surface area contributed by atoms with Crippen LogP contribution in [0.5, 0.6) is 5.75 Å². The number of thiol groups is 1. The lowest BCUT2D eigenvalue weighted by Gasteiger charge is -2.24. The molecule has 0 saturated carbocycles.